The summed E-state index contributed by atoms with van der Waals surface area (Å²) >= 11 is 0. The van der Waals surface area contributed by atoms with Gasteiger partial charge < -0.3 is 14.6 Å². The predicted octanol–water partition coefficient (Wildman–Crippen LogP) is 3.55. The van der Waals surface area contributed by atoms with Gasteiger partial charge in [0.15, 0.2) is 0 Å². The first-order chi connectivity index (χ1) is 15.3. The fourth-order valence-electron chi connectivity index (χ4n) is 4.26. The van der Waals surface area contributed by atoms with Crippen LogP contribution in [0.25, 0.3) is 11.0 Å². The Kier molecular flexibility index (Phi) is 5.63. The van der Waals surface area contributed by atoms with Crippen molar-refractivity contribution in [1.29, 1.82) is 0 Å². The van der Waals surface area contributed by atoms with Gasteiger partial charge in [0, 0.05) is 31.8 Å². The van der Waals surface area contributed by atoms with E-state index >= 15 is 0 Å². The van der Waals surface area contributed by atoms with E-state index in [1.807, 2.05) is 30.6 Å². The van der Waals surface area contributed by atoms with Crippen molar-refractivity contribution >= 4 is 23.2 Å². The van der Waals surface area contributed by atoms with E-state index in [4.69, 9.17) is 4.74 Å². The summed E-state index contributed by atoms with van der Waals surface area (Å²) in [6.07, 6.45) is 12.5. The van der Waals surface area contributed by atoms with Crippen LogP contribution in [0.3, 0.4) is 0 Å². The number of pyridine rings is 1. The van der Waals surface area contributed by atoms with Gasteiger partial charge in [0.05, 0.1) is 29.8 Å². The highest BCUT2D eigenvalue weighted by Gasteiger charge is 2.21. The summed E-state index contributed by atoms with van der Waals surface area (Å²) in [6, 6.07) is 12.9. The van der Waals surface area contributed by atoms with Gasteiger partial charge in [-0.3, -0.25) is 14.8 Å². The van der Waals surface area contributed by atoms with E-state index in [1.165, 1.54) is 11.1 Å². The van der Waals surface area contributed by atoms with E-state index in [-0.39, 0.29) is 18.0 Å². The number of aliphatic imine (C=N–C) groups is 1. The Hall–Kier alpha value is -3.25. The molecule has 6 heteroatoms. The van der Waals surface area contributed by atoms with Crippen LogP contribution in [0.15, 0.2) is 65.9 Å². The number of nitrogens with one attached hydrogen (secondary N) is 1. The van der Waals surface area contributed by atoms with E-state index in [2.05, 4.69) is 50.2 Å². The molecular weight excluding hydrogens is 388 g/mol. The Bertz CT molecular complexity index is 1110. The minimum Gasteiger partial charge on any atom is -0.379 e. The quantitative estimate of drug-likeness (QED) is 0.671. The maximum absolute atomic E-state index is 13.0. The van der Waals surface area contributed by atoms with Crippen molar-refractivity contribution in [3.05, 3.63) is 77.6 Å². The monoisotopic (exact) mass is 414 g/mol. The van der Waals surface area contributed by atoms with Gasteiger partial charge in [-0.05, 0) is 48.6 Å². The first-order valence-corrected chi connectivity index (χ1v) is 10.9. The number of fused-ring (bicyclic) bond motifs is 1. The normalized spacial score (nSPS) is 20.4. The van der Waals surface area contributed by atoms with Crippen LogP contribution < -0.4 is 5.32 Å². The van der Waals surface area contributed by atoms with Gasteiger partial charge in [0.2, 0.25) is 0 Å². The molecule has 1 amide bonds. The smallest absolute Gasteiger partial charge is 0.255 e. The molecule has 0 saturated carbocycles. The minimum absolute atomic E-state index is 0.0648. The summed E-state index contributed by atoms with van der Waals surface area (Å²) in [4.78, 5) is 21.9. The molecule has 0 radical (unpaired) electrons. The summed E-state index contributed by atoms with van der Waals surface area (Å²) in [7, 11) is 0. The summed E-state index contributed by atoms with van der Waals surface area (Å²) in [5.41, 5.74) is 4.76. The number of nitrogens with zero attached hydrogens (tertiary/aromatic N) is 3. The highest BCUT2D eigenvalue weighted by Crippen LogP contribution is 2.21. The van der Waals surface area contributed by atoms with Crippen molar-refractivity contribution in [2.75, 3.05) is 13.2 Å². The zero-order valence-corrected chi connectivity index (χ0v) is 17.4. The largest absolute Gasteiger partial charge is 0.379 e. The first kappa shape index (κ1) is 19.7. The first-order valence-electron chi connectivity index (χ1n) is 10.9. The molecule has 2 aliphatic heterocycles. The molecule has 2 aromatic heterocycles. The number of hydrogen-bond acceptors (Lipinski definition) is 4. The molecule has 2 aliphatic rings. The van der Waals surface area contributed by atoms with Crippen molar-refractivity contribution in [2.24, 2.45) is 4.99 Å². The Labute approximate surface area is 181 Å². The van der Waals surface area contributed by atoms with Crippen LogP contribution in [-0.2, 0) is 17.7 Å². The standard InChI is InChI=1S/C25H26N4O2/c30-25(28-21-5-3-13-31-17-21)22-16-29(23-6-2-12-27-24(22)23)15-19-9-7-18(8-10-19)14-20-4-1-11-26-20/h1-2,4,6-12,16,20-21H,3,5,13-15,17H2,(H,28,30). The van der Waals surface area contributed by atoms with Crippen LogP contribution >= 0.6 is 0 Å². The number of hydrogen-bond donors (Lipinski definition) is 1. The van der Waals surface area contributed by atoms with Gasteiger partial charge in [-0.15, -0.1) is 0 Å². The number of ether oxygens (including phenoxy) is 1. The van der Waals surface area contributed by atoms with Crippen molar-refractivity contribution in [3.8, 4) is 0 Å². The van der Waals surface area contributed by atoms with E-state index in [0.717, 1.165) is 36.9 Å². The van der Waals surface area contributed by atoms with Gasteiger partial charge in [-0.1, -0.05) is 30.3 Å². The highest BCUT2D eigenvalue weighted by atomic mass is 16.5. The summed E-state index contributed by atoms with van der Waals surface area (Å²) in [5.74, 6) is -0.0847. The number of rotatable bonds is 6. The molecule has 2 unspecified atom stereocenters. The van der Waals surface area contributed by atoms with Crippen LogP contribution in [0.2, 0.25) is 0 Å². The van der Waals surface area contributed by atoms with Gasteiger partial charge in [0.1, 0.15) is 5.52 Å². The number of allylic oxidation sites excluding steroid dienone is 1. The molecule has 6 nitrogen and oxygen atoms in total. The molecule has 1 N–H and O–H groups in total. The van der Waals surface area contributed by atoms with Crippen LogP contribution in [0.4, 0.5) is 0 Å². The molecule has 31 heavy (non-hydrogen) atoms. The third-order valence-corrected chi connectivity index (χ3v) is 5.89. The van der Waals surface area contributed by atoms with Gasteiger partial charge in [-0.25, -0.2) is 0 Å². The van der Waals surface area contributed by atoms with Crippen LogP contribution in [0.1, 0.15) is 34.3 Å². The molecule has 2 atom stereocenters. The number of carbonyl (C=O) groups is 1. The van der Waals surface area contributed by atoms with Crippen LogP contribution in [0.5, 0.6) is 0 Å². The molecule has 1 fully saturated rings. The molecule has 0 bridgehead atoms. The fraction of sp³-hybridized carbons (Fsp3) is 0.320. The minimum atomic E-state index is -0.0847. The number of amides is 1. The number of aromatic nitrogens is 2. The van der Waals surface area contributed by atoms with E-state index in [1.54, 1.807) is 6.20 Å². The van der Waals surface area contributed by atoms with Gasteiger partial charge >= 0.3 is 0 Å². The molecule has 0 spiro atoms. The van der Waals surface area contributed by atoms with Gasteiger partial charge in [0.25, 0.3) is 5.91 Å². The summed E-state index contributed by atoms with van der Waals surface area (Å²) in [5, 5.41) is 3.11. The highest BCUT2D eigenvalue weighted by molar-refractivity contribution is 6.05. The fourth-order valence-corrected chi connectivity index (χ4v) is 4.26. The third-order valence-electron chi connectivity index (χ3n) is 5.89. The lowest BCUT2D eigenvalue weighted by Crippen LogP contribution is -2.40. The second kappa shape index (κ2) is 8.86. The van der Waals surface area contributed by atoms with Crippen LogP contribution in [-0.4, -0.2) is 47.0 Å². The predicted molar refractivity (Wildman–Crippen MR) is 122 cm³/mol. The number of carbonyl (C=O) groups excluding carboxylic acids is 1. The average Bonchev–Trinajstić information content (AvgIpc) is 3.44. The molecular formula is C25H26N4O2. The molecule has 1 saturated heterocycles. The Morgan fingerprint density at radius 3 is 2.84 bits per heavy atom. The number of benzene rings is 1. The second-order valence-corrected chi connectivity index (χ2v) is 8.20. The molecule has 0 aliphatic carbocycles. The van der Waals surface area contributed by atoms with Crippen molar-refractivity contribution in [1.82, 2.24) is 14.9 Å². The third kappa shape index (κ3) is 4.44. The molecule has 5 rings (SSSR count). The van der Waals surface area contributed by atoms with E-state index in [9.17, 15) is 4.79 Å². The Balaban J connectivity index is 1.34. The average molecular weight is 415 g/mol. The maximum atomic E-state index is 13.0. The zero-order chi connectivity index (χ0) is 21.0. The summed E-state index contributed by atoms with van der Waals surface area (Å²) in [6.45, 7) is 2.03. The Morgan fingerprint density at radius 2 is 2.06 bits per heavy atom. The molecule has 3 aromatic rings. The molecule has 1 aromatic carbocycles. The lowest BCUT2D eigenvalue weighted by molar-refractivity contribution is 0.0624. The van der Waals surface area contributed by atoms with Crippen LogP contribution in [0, 0.1) is 0 Å². The Morgan fingerprint density at radius 1 is 1.19 bits per heavy atom. The lowest BCUT2D eigenvalue weighted by Gasteiger charge is -2.22. The van der Waals surface area contributed by atoms with E-state index in [0.29, 0.717) is 18.7 Å². The lowest BCUT2D eigenvalue weighted by atomic mass is 10.0. The zero-order valence-electron chi connectivity index (χ0n) is 17.4. The second-order valence-electron chi connectivity index (χ2n) is 8.20. The SMILES string of the molecule is O=C(NC1CCCOC1)c1cn(Cc2ccc(CC3C=CC=N3)cc2)c2cccnc12. The summed E-state index contributed by atoms with van der Waals surface area (Å²) < 4.78 is 7.60. The van der Waals surface area contributed by atoms with Crippen molar-refractivity contribution in [3.63, 3.8) is 0 Å². The molecule has 4 heterocycles. The van der Waals surface area contributed by atoms with Crippen molar-refractivity contribution in [2.45, 2.75) is 37.9 Å². The van der Waals surface area contributed by atoms with E-state index < -0.39 is 0 Å². The maximum Gasteiger partial charge on any atom is 0.255 e. The molecule has 158 valence electrons. The topological polar surface area (TPSA) is 68.5 Å². The van der Waals surface area contributed by atoms with Crippen molar-refractivity contribution < 1.29 is 9.53 Å². The van der Waals surface area contributed by atoms with Gasteiger partial charge in [-0.2, -0.15) is 0 Å².